The Bertz CT molecular complexity index is 1220. The number of carboxylic acids is 3. The number of aromatic nitrogens is 1. The smallest absolute Gasteiger partial charge is 0.326 e. The maximum absolute atomic E-state index is 12.9. The van der Waals surface area contributed by atoms with E-state index >= 15 is 0 Å². The molecule has 1 saturated heterocycles. The maximum atomic E-state index is 12.9. The van der Waals surface area contributed by atoms with Gasteiger partial charge in [0.1, 0.15) is 18.1 Å². The van der Waals surface area contributed by atoms with E-state index in [1.165, 1.54) is 0 Å². The van der Waals surface area contributed by atoms with Crippen molar-refractivity contribution in [1.29, 1.82) is 0 Å². The average Bonchev–Trinajstić information content (AvgIpc) is 3.53. The molecule has 3 amide bonds. The monoisotopic (exact) mass is 531 g/mol. The van der Waals surface area contributed by atoms with Gasteiger partial charge in [0, 0.05) is 23.5 Å². The third kappa shape index (κ3) is 7.52. The van der Waals surface area contributed by atoms with Crippen LogP contribution in [-0.2, 0) is 35.2 Å². The summed E-state index contributed by atoms with van der Waals surface area (Å²) in [5, 5.41) is 38.5. The molecule has 2 heterocycles. The Hall–Kier alpha value is -4.46. The molecule has 1 aromatic heterocycles. The SMILES string of the molecule is O=C(O)CC(NC(=O)C(CC(=O)O)NC(=O)C1CCCN1)C(=O)NC(Cc1c[nH]c2ccccc12)C(=O)O. The summed E-state index contributed by atoms with van der Waals surface area (Å²) in [5.41, 5.74) is 1.35. The van der Waals surface area contributed by atoms with Crippen LogP contribution >= 0.6 is 0 Å². The van der Waals surface area contributed by atoms with E-state index in [0.29, 0.717) is 18.5 Å². The van der Waals surface area contributed by atoms with Crippen LogP contribution in [0.1, 0.15) is 31.2 Å². The molecule has 0 bridgehead atoms. The number of H-pyrrole nitrogens is 1. The van der Waals surface area contributed by atoms with Crippen molar-refractivity contribution >= 4 is 46.5 Å². The second-order valence-corrected chi connectivity index (χ2v) is 8.93. The van der Waals surface area contributed by atoms with Crippen LogP contribution in [0.3, 0.4) is 0 Å². The van der Waals surface area contributed by atoms with Gasteiger partial charge in [-0.05, 0) is 31.0 Å². The summed E-state index contributed by atoms with van der Waals surface area (Å²) in [4.78, 5) is 75.8. The first-order valence-corrected chi connectivity index (χ1v) is 11.9. The second-order valence-electron chi connectivity index (χ2n) is 8.93. The van der Waals surface area contributed by atoms with Crippen molar-refractivity contribution in [2.75, 3.05) is 6.54 Å². The van der Waals surface area contributed by atoms with E-state index in [2.05, 4.69) is 26.3 Å². The van der Waals surface area contributed by atoms with E-state index in [1.54, 1.807) is 30.5 Å². The number of carbonyl (C=O) groups excluding carboxylic acids is 3. The van der Waals surface area contributed by atoms with Gasteiger partial charge in [-0.2, -0.15) is 0 Å². The van der Waals surface area contributed by atoms with E-state index in [0.717, 1.165) is 17.3 Å². The molecule has 1 fully saturated rings. The largest absolute Gasteiger partial charge is 0.481 e. The molecule has 38 heavy (non-hydrogen) atoms. The molecule has 204 valence electrons. The lowest BCUT2D eigenvalue weighted by atomic mass is 10.0. The molecule has 4 unspecified atom stereocenters. The first kappa shape index (κ1) is 28.1. The minimum atomic E-state index is -1.73. The van der Waals surface area contributed by atoms with Crippen molar-refractivity contribution in [3.05, 3.63) is 36.0 Å². The minimum absolute atomic E-state index is 0.134. The highest BCUT2D eigenvalue weighted by Gasteiger charge is 2.33. The molecule has 0 aliphatic carbocycles. The summed E-state index contributed by atoms with van der Waals surface area (Å²) in [5.74, 6) is -7.05. The van der Waals surface area contributed by atoms with Gasteiger partial charge in [0.25, 0.3) is 0 Å². The summed E-state index contributed by atoms with van der Waals surface area (Å²) in [6, 6.07) is 1.73. The lowest BCUT2D eigenvalue weighted by Gasteiger charge is -2.24. The Morgan fingerprint density at radius 3 is 2.05 bits per heavy atom. The Balaban J connectivity index is 1.72. The molecule has 14 heteroatoms. The third-order valence-corrected chi connectivity index (χ3v) is 6.11. The number of carbonyl (C=O) groups is 6. The summed E-state index contributed by atoms with van der Waals surface area (Å²) >= 11 is 0. The molecule has 1 aromatic carbocycles. The molecule has 4 atom stereocenters. The number of para-hydroxylation sites is 1. The van der Waals surface area contributed by atoms with Gasteiger partial charge in [0.05, 0.1) is 18.9 Å². The standard InChI is InChI=1S/C24H29N5O9/c30-19(31)9-16(27-21(34)15-6-3-7-25-15)22(35)28-17(10-20(32)33)23(36)29-18(24(37)38)8-12-11-26-14-5-2-1-4-13(12)14/h1-2,4-5,11,15-18,25-26H,3,6-10H2,(H,27,34)(H,28,35)(H,29,36)(H,30,31)(H,32,33)(H,37,38). The number of hydrogen-bond acceptors (Lipinski definition) is 7. The Labute approximate surface area is 216 Å². The van der Waals surface area contributed by atoms with Crippen LogP contribution in [0, 0.1) is 0 Å². The van der Waals surface area contributed by atoms with Crippen molar-refractivity contribution in [2.24, 2.45) is 0 Å². The van der Waals surface area contributed by atoms with E-state index in [-0.39, 0.29) is 6.42 Å². The summed E-state index contributed by atoms with van der Waals surface area (Å²) in [6.07, 6.45) is 0.952. The van der Waals surface area contributed by atoms with Crippen LogP contribution in [0.4, 0.5) is 0 Å². The molecule has 2 aromatic rings. The van der Waals surface area contributed by atoms with Gasteiger partial charge < -0.3 is 41.6 Å². The van der Waals surface area contributed by atoms with Crippen LogP contribution < -0.4 is 21.3 Å². The zero-order valence-corrected chi connectivity index (χ0v) is 20.2. The zero-order valence-electron chi connectivity index (χ0n) is 20.2. The number of benzene rings is 1. The minimum Gasteiger partial charge on any atom is -0.481 e. The predicted molar refractivity (Wildman–Crippen MR) is 131 cm³/mol. The number of aromatic amines is 1. The van der Waals surface area contributed by atoms with Crippen LogP contribution in [0.2, 0.25) is 0 Å². The summed E-state index contributed by atoms with van der Waals surface area (Å²) < 4.78 is 0. The third-order valence-electron chi connectivity index (χ3n) is 6.11. The molecule has 8 N–H and O–H groups in total. The molecular weight excluding hydrogens is 502 g/mol. The predicted octanol–water partition coefficient (Wildman–Crippen LogP) is -1.05. The summed E-state index contributed by atoms with van der Waals surface area (Å²) in [6.45, 7) is 0.581. The number of hydrogen-bond donors (Lipinski definition) is 8. The molecular formula is C24H29N5O9. The second kappa shape index (κ2) is 12.7. The van der Waals surface area contributed by atoms with E-state index in [9.17, 15) is 44.1 Å². The van der Waals surface area contributed by atoms with Gasteiger partial charge in [0.2, 0.25) is 17.7 Å². The zero-order chi connectivity index (χ0) is 27.8. The fourth-order valence-corrected chi connectivity index (χ4v) is 4.21. The van der Waals surface area contributed by atoms with Crippen molar-refractivity contribution in [3.63, 3.8) is 0 Å². The Morgan fingerprint density at radius 2 is 1.47 bits per heavy atom. The highest BCUT2D eigenvalue weighted by atomic mass is 16.4. The molecule has 0 spiro atoms. The number of rotatable bonds is 13. The number of carboxylic acid groups (broad SMARTS) is 3. The van der Waals surface area contributed by atoms with Gasteiger partial charge in [-0.25, -0.2) is 4.79 Å². The van der Waals surface area contributed by atoms with Crippen LogP contribution in [0.5, 0.6) is 0 Å². The molecule has 0 saturated carbocycles. The Kier molecular flexibility index (Phi) is 9.38. The van der Waals surface area contributed by atoms with Crippen LogP contribution in [-0.4, -0.2) is 86.6 Å². The fraction of sp³-hybridized carbons (Fsp3) is 0.417. The van der Waals surface area contributed by atoms with E-state index in [4.69, 9.17) is 0 Å². The van der Waals surface area contributed by atoms with Gasteiger partial charge in [0.15, 0.2) is 0 Å². The quantitative estimate of drug-likeness (QED) is 0.156. The molecule has 1 aliphatic heterocycles. The lowest BCUT2D eigenvalue weighted by molar-refractivity contribution is -0.145. The van der Waals surface area contributed by atoms with Crippen molar-refractivity contribution in [1.82, 2.24) is 26.3 Å². The van der Waals surface area contributed by atoms with E-state index < -0.39 is 72.6 Å². The first-order chi connectivity index (χ1) is 18.0. The molecule has 0 radical (unpaired) electrons. The normalized spacial score (nSPS) is 17.2. The number of fused-ring (bicyclic) bond motifs is 1. The van der Waals surface area contributed by atoms with Gasteiger partial charge >= 0.3 is 17.9 Å². The highest BCUT2D eigenvalue weighted by molar-refractivity contribution is 5.97. The van der Waals surface area contributed by atoms with Gasteiger partial charge in [-0.15, -0.1) is 0 Å². The average molecular weight is 532 g/mol. The van der Waals surface area contributed by atoms with Crippen molar-refractivity contribution in [2.45, 2.75) is 56.3 Å². The first-order valence-electron chi connectivity index (χ1n) is 11.9. The topological polar surface area (TPSA) is 227 Å². The molecule has 14 nitrogen and oxygen atoms in total. The van der Waals surface area contributed by atoms with Crippen molar-refractivity contribution in [3.8, 4) is 0 Å². The van der Waals surface area contributed by atoms with Gasteiger partial charge in [-0.3, -0.25) is 24.0 Å². The summed E-state index contributed by atoms with van der Waals surface area (Å²) in [7, 11) is 0. The van der Waals surface area contributed by atoms with Crippen LogP contribution in [0.25, 0.3) is 10.9 Å². The molecule has 1 aliphatic rings. The van der Waals surface area contributed by atoms with Crippen LogP contribution in [0.15, 0.2) is 30.5 Å². The number of aliphatic carboxylic acids is 3. The van der Waals surface area contributed by atoms with E-state index in [1.807, 2.05) is 0 Å². The molecule has 3 rings (SSSR count). The fourth-order valence-electron chi connectivity index (χ4n) is 4.21. The maximum Gasteiger partial charge on any atom is 0.326 e. The highest BCUT2D eigenvalue weighted by Crippen LogP contribution is 2.19. The van der Waals surface area contributed by atoms with Crippen molar-refractivity contribution < 1.29 is 44.1 Å². The number of amides is 3. The number of nitrogens with one attached hydrogen (secondary N) is 5. The lowest BCUT2D eigenvalue weighted by Crippen LogP contribution is -2.58. The Morgan fingerprint density at radius 1 is 0.868 bits per heavy atom. The van der Waals surface area contributed by atoms with Gasteiger partial charge in [-0.1, -0.05) is 18.2 Å².